The molecule has 94 valence electrons. The topological polar surface area (TPSA) is 55.1 Å². The quantitative estimate of drug-likeness (QED) is 0.745. The van der Waals surface area contributed by atoms with Crippen LogP contribution in [0.2, 0.25) is 0 Å². The van der Waals surface area contributed by atoms with Gasteiger partial charge in [-0.3, -0.25) is 4.79 Å². The second-order valence-electron chi connectivity index (χ2n) is 3.45. The van der Waals surface area contributed by atoms with Crippen molar-refractivity contribution in [2.75, 3.05) is 0 Å². The molecule has 0 spiro atoms. The third-order valence-corrected chi connectivity index (χ3v) is 4.75. The molecule has 0 aromatic carbocycles. The van der Waals surface area contributed by atoms with Crippen LogP contribution in [-0.4, -0.2) is 16.9 Å². The van der Waals surface area contributed by atoms with Crippen molar-refractivity contribution in [3.8, 4) is 0 Å². The molecule has 0 radical (unpaired) electrons. The monoisotopic (exact) mass is 398 g/mol. The largest absolute Gasteiger partial charge is 0.392 e. The summed E-state index contributed by atoms with van der Waals surface area (Å²) in [5, 5.41) is 2.84. The summed E-state index contributed by atoms with van der Waals surface area (Å²) in [7, 11) is 0. The number of hydrogen-bond acceptors (Lipinski definition) is 3. The predicted molar refractivity (Wildman–Crippen MR) is 82.7 cm³/mol. The molecule has 0 fully saturated rings. The number of nitrogens with one attached hydrogen (secondary N) is 1. The number of nitrogens with two attached hydrogens (primary N) is 1. The molecule has 1 heterocycles. The Bertz CT molecular complexity index is 434. The van der Waals surface area contributed by atoms with Gasteiger partial charge in [-0.15, -0.1) is 11.3 Å². The van der Waals surface area contributed by atoms with E-state index < -0.39 is 0 Å². The Labute approximate surface area is 126 Å². The Hall–Kier alpha value is 0.0200. The third kappa shape index (κ3) is 4.31. The zero-order chi connectivity index (χ0) is 13.0. The molecular formula is C10H12Br2N2OS2. The number of halogens is 2. The molecule has 0 aliphatic carbocycles. The maximum atomic E-state index is 12.0. The predicted octanol–water partition coefficient (Wildman–Crippen LogP) is 3.46. The minimum atomic E-state index is -0.243. The molecule has 1 rings (SSSR count). The Morgan fingerprint density at radius 3 is 2.71 bits per heavy atom. The van der Waals surface area contributed by atoms with Crippen LogP contribution in [0.3, 0.4) is 0 Å². The van der Waals surface area contributed by atoms with Crippen LogP contribution in [0.5, 0.6) is 0 Å². The number of carbonyl (C=O) groups excluding carboxylic acids is 1. The Balaban J connectivity index is 2.77. The first-order chi connectivity index (χ1) is 7.95. The normalized spacial score (nSPS) is 12.2. The van der Waals surface area contributed by atoms with Crippen LogP contribution in [0.4, 0.5) is 0 Å². The highest BCUT2D eigenvalue weighted by Crippen LogP contribution is 2.31. The van der Waals surface area contributed by atoms with E-state index in [9.17, 15) is 4.79 Å². The van der Waals surface area contributed by atoms with Crippen molar-refractivity contribution in [1.29, 1.82) is 0 Å². The zero-order valence-electron chi connectivity index (χ0n) is 9.13. The van der Waals surface area contributed by atoms with Gasteiger partial charge < -0.3 is 11.1 Å². The highest BCUT2D eigenvalue weighted by atomic mass is 79.9. The third-order valence-electron chi connectivity index (χ3n) is 2.13. The summed E-state index contributed by atoms with van der Waals surface area (Å²) in [4.78, 5) is 12.3. The lowest BCUT2D eigenvalue weighted by Gasteiger charge is -2.16. The summed E-state index contributed by atoms with van der Waals surface area (Å²) in [6.45, 7) is 2.02. The molecule has 1 atom stereocenters. The van der Waals surface area contributed by atoms with Crippen molar-refractivity contribution in [3.63, 3.8) is 0 Å². The van der Waals surface area contributed by atoms with Crippen LogP contribution in [0.15, 0.2) is 13.6 Å². The zero-order valence-corrected chi connectivity index (χ0v) is 13.9. The lowest BCUT2D eigenvalue weighted by atomic mass is 10.1. The van der Waals surface area contributed by atoms with Crippen LogP contribution in [0.25, 0.3) is 0 Å². The van der Waals surface area contributed by atoms with Gasteiger partial charge in [0.15, 0.2) is 0 Å². The van der Waals surface area contributed by atoms with Gasteiger partial charge in [0.2, 0.25) is 0 Å². The van der Waals surface area contributed by atoms with Crippen molar-refractivity contribution < 1.29 is 4.79 Å². The minimum Gasteiger partial charge on any atom is -0.392 e. The van der Waals surface area contributed by atoms with E-state index in [0.717, 1.165) is 20.4 Å². The van der Waals surface area contributed by atoms with Gasteiger partial charge in [0.05, 0.1) is 24.2 Å². The van der Waals surface area contributed by atoms with Crippen LogP contribution in [-0.2, 0) is 0 Å². The SMILES string of the molecule is CCCC(NC(=O)c1cc(Br)sc1Br)C(N)=S. The van der Waals surface area contributed by atoms with Crippen molar-refractivity contribution in [3.05, 3.63) is 19.2 Å². The van der Waals surface area contributed by atoms with Gasteiger partial charge in [-0.1, -0.05) is 25.6 Å². The summed E-state index contributed by atoms with van der Waals surface area (Å²) in [6, 6.07) is 1.53. The van der Waals surface area contributed by atoms with Crippen molar-refractivity contribution in [1.82, 2.24) is 5.32 Å². The van der Waals surface area contributed by atoms with Gasteiger partial charge in [0, 0.05) is 0 Å². The van der Waals surface area contributed by atoms with Crippen molar-refractivity contribution in [2.45, 2.75) is 25.8 Å². The van der Waals surface area contributed by atoms with E-state index in [4.69, 9.17) is 18.0 Å². The van der Waals surface area contributed by atoms with Crippen LogP contribution < -0.4 is 11.1 Å². The van der Waals surface area contributed by atoms with Gasteiger partial charge in [-0.25, -0.2) is 0 Å². The molecule has 0 bridgehead atoms. The van der Waals surface area contributed by atoms with Gasteiger partial charge >= 0.3 is 0 Å². The summed E-state index contributed by atoms with van der Waals surface area (Å²) in [5.41, 5.74) is 6.19. The molecule has 17 heavy (non-hydrogen) atoms. The van der Waals surface area contributed by atoms with Gasteiger partial charge in [0.25, 0.3) is 5.91 Å². The first kappa shape index (κ1) is 15.1. The summed E-state index contributed by atoms with van der Waals surface area (Å²) < 4.78 is 1.69. The molecule has 1 aromatic rings. The number of hydrogen-bond donors (Lipinski definition) is 2. The van der Waals surface area contributed by atoms with Gasteiger partial charge in [-0.05, 0) is 44.3 Å². The number of thiophene rings is 1. The van der Waals surface area contributed by atoms with E-state index in [1.54, 1.807) is 6.07 Å². The summed E-state index contributed by atoms with van der Waals surface area (Å²) in [5.74, 6) is -0.162. The van der Waals surface area contributed by atoms with Crippen molar-refractivity contribution >= 4 is 66.3 Å². The highest BCUT2D eigenvalue weighted by Gasteiger charge is 2.18. The second kappa shape index (κ2) is 6.82. The number of rotatable bonds is 5. The van der Waals surface area contributed by atoms with Gasteiger partial charge in [-0.2, -0.15) is 0 Å². The van der Waals surface area contributed by atoms with Crippen LogP contribution in [0, 0.1) is 0 Å². The van der Waals surface area contributed by atoms with Crippen LogP contribution >= 0.6 is 55.4 Å². The first-order valence-corrected chi connectivity index (χ1v) is 7.81. The molecule has 0 aliphatic rings. The van der Waals surface area contributed by atoms with E-state index in [-0.39, 0.29) is 11.9 Å². The lowest BCUT2D eigenvalue weighted by Crippen LogP contribution is -2.43. The lowest BCUT2D eigenvalue weighted by molar-refractivity contribution is 0.0945. The number of carbonyl (C=O) groups is 1. The van der Waals surface area contributed by atoms with E-state index in [2.05, 4.69) is 37.2 Å². The molecule has 1 amide bonds. The van der Waals surface area contributed by atoms with E-state index in [0.29, 0.717) is 10.6 Å². The highest BCUT2D eigenvalue weighted by molar-refractivity contribution is 9.12. The van der Waals surface area contributed by atoms with Crippen molar-refractivity contribution in [2.24, 2.45) is 5.73 Å². The summed E-state index contributed by atoms with van der Waals surface area (Å²) in [6.07, 6.45) is 1.67. The molecule has 1 unspecified atom stereocenters. The molecule has 0 saturated carbocycles. The first-order valence-electron chi connectivity index (χ1n) is 5.00. The fraction of sp³-hybridized carbons (Fsp3) is 0.400. The smallest absolute Gasteiger partial charge is 0.253 e. The molecular weight excluding hydrogens is 388 g/mol. The maximum absolute atomic E-state index is 12.0. The standard InChI is InChI=1S/C10H12Br2N2OS2/c1-2-3-6(9(13)16)14-10(15)5-4-7(11)17-8(5)12/h4,6H,2-3H2,1H3,(H2,13,16)(H,14,15). The average molecular weight is 400 g/mol. The van der Waals surface area contributed by atoms with Gasteiger partial charge in [0.1, 0.15) is 0 Å². The Kier molecular flexibility index (Phi) is 6.05. The van der Waals surface area contributed by atoms with E-state index >= 15 is 0 Å². The van der Waals surface area contributed by atoms with E-state index in [1.807, 2.05) is 6.92 Å². The molecule has 1 aromatic heterocycles. The molecule has 0 aliphatic heterocycles. The summed E-state index contributed by atoms with van der Waals surface area (Å²) >= 11 is 13.1. The Morgan fingerprint density at radius 2 is 2.29 bits per heavy atom. The number of thiocarbonyl (C=S) groups is 1. The molecule has 7 heteroatoms. The minimum absolute atomic E-state index is 0.162. The average Bonchev–Trinajstić information content (AvgIpc) is 2.57. The maximum Gasteiger partial charge on any atom is 0.253 e. The molecule has 3 nitrogen and oxygen atoms in total. The molecule has 3 N–H and O–H groups in total. The number of amides is 1. The van der Waals surface area contributed by atoms with E-state index in [1.165, 1.54) is 11.3 Å². The fourth-order valence-corrected chi connectivity index (χ4v) is 4.28. The fourth-order valence-electron chi connectivity index (χ4n) is 1.31. The van der Waals surface area contributed by atoms with Crippen LogP contribution in [0.1, 0.15) is 30.1 Å². The second-order valence-corrected chi connectivity index (χ2v) is 7.68. The molecule has 0 saturated heterocycles. The Morgan fingerprint density at radius 1 is 1.65 bits per heavy atom.